The van der Waals surface area contributed by atoms with Gasteiger partial charge in [-0.1, -0.05) is 74.5 Å². The summed E-state index contributed by atoms with van der Waals surface area (Å²) in [6, 6.07) is 24.7. The molecule has 5 N–H and O–H groups in total. The number of amides is 4. The average molecular weight is 1110 g/mol. The van der Waals surface area contributed by atoms with Gasteiger partial charge in [0.1, 0.15) is 59.7 Å². The van der Waals surface area contributed by atoms with Crippen molar-refractivity contribution in [3.8, 4) is 39.3 Å². The number of aromatic nitrogens is 8. The summed E-state index contributed by atoms with van der Waals surface area (Å²) in [4.78, 5) is 71.6. The van der Waals surface area contributed by atoms with Gasteiger partial charge in [-0.3, -0.25) is 14.4 Å². The first kappa shape index (κ1) is 56.1. The number of aryl methyl sites for hydroxylation is 2. The molecule has 4 aromatic heterocycles. The second-order valence-corrected chi connectivity index (χ2v) is 21.6. The molecule has 9 rings (SSSR count). The van der Waals surface area contributed by atoms with E-state index in [1.54, 1.807) is 59.5 Å². The smallest absolute Gasteiger partial charge is 0.407 e. The fraction of sp³-hybridized carbons (Fsp3) is 0.386. The molecule has 6 heterocycles. The molecule has 0 saturated carbocycles. The van der Waals surface area contributed by atoms with E-state index in [1.165, 1.54) is 11.2 Å². The van der Waals surface area contributed by atoms with Crippen molar-refractivity contribution < 1.29 is 38.5 Å². The Labute approximate surface area is 466 Å². The first-order chi connectivity index (χ1) is 38.6. The van der Waals surface area contributed by atoms with Gasteiger partial charge in [0, 0.05) is 44.4 Å². The lowest BCUT2D eigenvalue weighted by Crippen LogP contribution is -2.57. The number of alkyl carbamates (subject to hydrolysis) is 1. The molecule has 0 spiro atoms. The molecular formula is C57H64N14O8S. The van der Waals surface area contributed by atoms with Crippen molar-refractivity contribution in [2.75, 3.05) is 45.2 Å². The highest BCUT2D eigenvalue weighted by Gasteiger charge is 2.45. The number of carbonyl (C=O) groups excluding carboxylic acids is 4. The number of aliphatic hydroxyl groups excluding tert-OH is 1. The monoisotopic (exact) mass is 1100 g/mol. The molecule has 0 radical (unpaired) electrons. The lowest BCUT2D eigenvalue weighted by atomic mass is 9.85. The van der Waals surface area contributed by atoms with Crippen LogP contribution >= 0.6 is 11.3 Å². The number of nitrogens with zero attached hydrogens (tertiary/aromatic N) is 11. The molecule has 0 bridgehead atoms. The van der Waals surface area contributed by atoms with Crippen LogP contribution in [0.2, 0.25) is 0 Å². The predicted molar refractivity (Wildman–Crippen MR) is 297 cm³/mol. The van der Waals surface area contributed by atoms with Gasteiger partial charge in [0.2, 0.25) is 11.8 Å². The van der Waals surface area contributed by atoms with E-state index in [9.17, 15) is 29.5 Å². The topological polar surface area (TPSA) is 284 Å². The van der Waals surface area contributed by atoms with Crippen LogP contribution < -0.4 is 21.1 Å². The summed E-state index contributed by atoms with van der Waals surface area (Å²) in [5.41, 5.74) is 13.0. The quantitative estimate of drug-likeness (QED) is 0.0356. The van der Waals surface area contributed by atoms with Crippen LogP contribution in [0.3, 0.4) is 0 Å². The van der Waals surface area contributed by atoms with Crippen LogP contribution in [0.25, 0.3) is 32.7 Å². The van der Waals surface area contributed by atoms with Gasteiger partial charge in [0.05, 0.1) is 59.1 Å². The van der Waals surface area contributed by atoms with Crippen LogP contribution in [0.5, 0.6) is 11.5 Å². The first-order valence-electron chi connectivity index (χ1n) is 26.5. The van der Waals surface area contributed by atoms with Gasteiger partial charge >= 0.3 is 6.09 Å². The Morgan fingerprint density at radius 2 is 1.73 bits per heavy atom. The number of nitrogen functional groups attached to an aromatic ring is 1. The van der Waals surface area contributed by atoms with E-state index in [2.05, 4.69) is 42.0 Å². The van der Waals surface area contributed by atoms with E-state index in [-0.39, 0.29) is 56.9 Å². The maximum absolute atomic E-state index is 14.0. The molecule has 22 nitrogen and oxygen atoms in total. The van der Waals surface area contributed by atoms with Crippen molar-refractivity contribution >= 4 is 52.0 Å². The minimum absolute atomic E-state index is 0.0373. The van der Waals surface area contributed by atoms with Crippen LogP contribution in [-0.2, 0) is 43.4 Å². The maximum atomic E-state index is 14.0. The second-order valence-electron chi connectivity index (χ2n) is 20.7. The number of ether oxygens (including phenoxy) is 3. The van der Waals surface area contributed by atoms with Crippen molar-refractivity contribution in [2.24, 2.45) is 5.41 Å². The number of nitrogens with one attached hydrogen (secondary N) is 2. The van der Waals surface area contributed by atoms with Crippen LogP contribution in [-0.4, -0.2) is 136 Å². The molecule has 2 aliphatic rings. The number of carbonyl (C=O) groups is 4. The fourth-order valence-electron chi connectivity index (χ4n) is 9.77. The zero-order valence-electron chi connectivity index (χ0n) is 45.0. The van der Waals surface area contributed by atoms with Crippen molar-refractivity contribution in [1.82, 2.24) is 60.2 Å². The van der Waals surface area contributed by atoms with E-state index in [0.717, 1.165) is 39.4 Å². The number of allylic oxidation sites excluding steroid dienone is 1. The van der Waals surface area contributed by atoms with Crippen LogP contribution in [0.4, 0.5) is 10.6 Å². The summed E-state index contributed by atoms with van der Waals surface area (Å²) in [7, 11) is 0. The normalized spacial score (nSPS) is 17.0. The summed E-state index contributed by atoms with van der Waals surface area (Å²) in [5.74, 6) is 0.402. The zero-order chi connectivity index (χ0) is 56.3. The molecule has 3 aromatic carbocycles. The van der Waals surface area contributed by atoms with Gasteiger partial charge in [-0.25, -0.2) is 29.1 Å². The standard InChI is InChI=1S/C57H64N14O8S/c1-36-49(80-35-63-36)39-17-15-37(16-18-39)30-60-53(73)46-28-43(72)33-70(46)55(75)50(57(2,3)4)64-56(76)78-27-26-77-25-24-69-31-41(65-67-69)11-8-10-40(29-58)54(74)68-23-9-12-42(32-68)71-52-47(51(59)61-34-62-52)48(66-71)38-19-21-45(22-20-38)79-44-13-6-5-7-14-44/h5-7,10,13-22,31,34-35,42-43,46,50,72H,8-9,11-12,23-28,30,32-33H2,1-4H3,(H,60,73)(H,64,76)(H2,59,61,62)/b40-10-/t42-,43-,46+,50-/m1/s1. The molecule has 416 valence electrons. The van der Waals surface area contributed by atoms with Crippen LogP contribution in [0.15, 0.2) is 109 Å². The number of para-hydroxylation sites is 1. The number of nitriles is 1. The van der Waals surface area contributed by atoms with Gasteiger partial charge in [-0.15, -0.1) is 16.4 Å². The van der Waals surface area contributed by atoms with E-state index in [0.29, 0.717) is 72.9 Å². The number of β-amino-alcohol motifs (C(OH)–C–C–N with tert-alkyl or cyclic N) is 1. The number of piperidine rings is 1. The summed E-state index contributed by atoms with van der Waals surface area (Å²) < 4.78 is 20.5. The Hall–Kier alpha value is -8.59. The summed E-state index contributed by atoms with van der Waals surface area (Å²) in [5, 5.41) is 40.3. The largest absolute Gasteiger partial charge is 0.457 e. The van der Waals surface area contributed by atoms with Gasteiger partial charge in [-0.05, 0) is 85.5 Å². The lowest BCUT2D eigenvalue weighted by Gasteiger charge is -2.35. The van der Waals surface area contributed by atoms with Crippen molar-refractivity contribution in [3.05, 3.63) is 125 Å². The summed E-state index contributed by atoms with van der Waals surface area (Å²) in [6.07, 6.45) is 5.35. The van der Waals surface area contributed by atoms with Gasteiger partial charge in [-0.2, -0.15) is 10.4 Å². The molecule has 0 aliphatic carbocycles. The molecule has 80 heavy (non-hydrogen) atoms. The van der Waals surface area contributed by atoms with Crippen molar-refractivity contribution in [1.29, 1.82) is 5.26 Å². The number of hydrogen-bond donors (Lipinski definition) is 4. The fourth-order valence-corrected chi connectivity index (χ4v) is 10.6. The van der Waals surface area contributed by atoms with E-state index in [1.807, 2.05) is 90.5 Å². The number of aliphatic hydroxyl groups is 1. The molecule has 2 fully saturated rings. The maximum Gasteiger partial charge on any atom is 0.407 e. The predicted octanol–water partition coefficient (Wildman–Crippen LogP) is 6.57. The number of nitrogens with two attached hydrogens (primary N) is 1. The van der Waals surface area contributed by atoms with Gasteiger partial charge in [0.25, 0.3) is 5.91 Å². The second kappa shape index (κ2) is 25.5. The number of thiazole rings is 1. The number of hydrogen-bond acceptors (Lipinski definition) is 17. The lowest BCUT2D eigenvalue weighted by molar-refractivity contribution is -0.142. The van der Waals surface area contributed by atoms with E-state index < -0.39 is 41.5 Å². The summed E-state index contributed by atoms with van der Waals surface area (Å²) >= 11 is 1.56. The van der Waals surface area contributed by atoms with Gasteiger partial charge in [0.15, 0.2) is 5.65 Å². The van der Waals surface area contributed by atoms with Crippen molar-refractivity contribution in [3.63, 3.8) is 0 Å². The minimum Gasteiger partial charge on any atom is -0.457 e. The van der Waals surface area contributed by atoms with E-state index >= 15 is 0 Å². The molecule has 4 amide bonds. The molecule has 23 heteroatoms. The minimum atomic E-state index is -1.06. The number of benzene rings is 3. The molecule has 2 saturated heterocycles. The molecule has 0 unspecified atom stereocenters. The number of likely N-dealkylation sites (tertiary alicyclic amines) is 2. The molecule has 2 aliphatic heterocycles. The Kier molecular flexibility index (Phi) is 17.9. The third-order valence-corrected chi connectivity index (χ3v) is 14.9. The first-order valence-corrected chi connectivity index (χ1v) is 27.4. The number of rotatable bonds is 20. The highest BCUT2D eigenvalue weighted by Crippen LogP contribution is 2.36. The molecule has 4 atom stereocenters. The molecule has 7 aromatic rings. The number of fused-ring (bicyclic) bond motifs is 1. The highest BCUT2D eigenvalue weighted by molar-refractivity contribution is 7.13. The van der Waals surface area contributed by atoms with Gasteiger partial charge < -0.3 is 45.5 Å². The van der Waals surface area contributed by atoms with Crippen LogP contribution in [0, 0.1) is 23.7 Å². The Balaban J connectivity index is 0.702. The summed E-state index contributed by atoms with van der Waals surface area (Å²) in [6.45, 7) is 8.85. The van der Waals surface area contributed by atoms with Crippen LogP contribution in [0.1, 0.15) is 69.4 Å². The molecular weight excluding hydrogens is 1040 g/mol. The zero-order valence-corrected chi connectivity index (χ0v) is 45.8. The highest BCUT2D eigenvalue weighted by atomic mass is 32.1. The van der Waals surface area contributed by atoms with Crippen molar-refractivity contribution in [2.45, 2.75) is 97.1 Å². The Bertz CT molecular complexity index is 3370. The number of anilines is 1. The van der Waals surface area contributed by atoms with E-state index in [4.69, 9.17) is 25.0 Å². The Morgan fingerprint density at radius 3 is 2.46 bits per heavy atom. The SMILES string of the molecule is Cc1ncsc1-c1ccc(CNC(=O)[C@@H]2C[C@@H](O)CN2C(=O)[C@@H](NC(=O)OCCOCCn2cc(CC/C=C(/C#N)C(=O)N3CCC[C@@H](n4nc(-c5ccc(Oc6ccccc6)cc5)c5c(N)ncnc54)C3)nn2)C(C)(C)C)cc1. The average Bonchev–Trinajstić information content (AvgIpc) is 4.34. The third-order valence-electron chi connectivity index (χ3n) is 13.9. The Morgan fingerprint density at radius 1 is 0.963 bits per heavy atom. The third kappa shape index (κ3) is 13.6.